The van der Waals surface area contributed by atoms with Crippen molar-refractivity contribution in [3.63, 3.8) is 0 Å². The second kappa shape index (κ2) is 5.41. The van der Waals surface area contributed by atoms with Gasteiger partial charge in [0.25, 0.3) is 0 Å². The summed E-state index contributed by atoms with van der Waals surface area (Å²) in [6.07, 6.45) is 7.81. The van der Waals surface area contributed by atoms with Crippen LogP contribution in [0.3, 0.4) is 0 Å². The summed E-state index contributed by atoms with van der Waals surface area (Å²) in [5.41, 5.74) is 1.83. The summed E-state index contributed by atoms with van der Waals surface area (Å²) in [5.74, 6) is 0. The minimum Gasteiger partial charge on any atom is -0.319 e. The highest BCUT2D eigenvalue weighted by Gasteiger charge is 2.35. The van der Waals surface area contributed by atoms with Gasteiger partial charge < -0.3 is 10.6 Å². The molecule has 0 radical (unpaired) electrons. The number of pyridine rings is 1. The summed E-state index contributed by atoms with van der Waals surface area (Å²) in [7, 11) is 2.04. The van der Waals surface area contributed by atoms with Gasteiger partial charge in [0.2, 0.25) is 0 Å². The van der Waals surface area contributed by atoms with Gasteiger partial charge in [-0.05, 0) is 43.0 Å². The number of rotatable bonds is 6. The fourth-order valence-corrected chi connectivity index (χ4v) is 2.44. The molecule has 0 aliphatic heterocycles. The van der Waals surface area contributed by atoms with Crippen molar-refractivity contribution in [3.05, 3.63) is 30.1 Å². The molecule has 1 fully saturated rings. The minimum atomic E-state index is 0.516. The molecule has 2 N–H and O–H groups in total. The molecule has 3 nitrogen and oxygen atoms in total. The van der Waals surface area contributed by atoms with Gasteiger partial charge in [-0.1, -0.05) is 6.42 Å². The molecule has 0 saturated heterocycles. The molecule has 0 spiro atoms. The van der Waals surface area contributed by atoms with Crippen LogP contribution in [0.25, 0.3) is 0 Å². The van der Waals surface area contributed by atoms with E-state index in [2.05, 4.69) is 27.8 Å². The lowest BCUT2D eigenvalue weighted by Crippen LogP contribution is -2.46. The fourth-order valence-electron chi connectivity index (χ4n) is 2.44. The molecule has 3 heteroatoms. The van der Waals surface area contributed by atoms with Gasteiger partial charge in [-0.2, -0.15) is 0 Å². The highest BCUT2D eigenvalue weighted by Crippen LogP contribution is 2.39. The first kappa shape index (κ1) is 11.6. The van der Waals surface area contributed by atoms with Crippen LogP contribution in [0.2, 0.25) is 0 Å². The maximum absolute atomic E-state index is 4.02. The van der Waals surface area contributed by atoms with Crippen LogP contribution in [0.15, 0.2) is 24.5 Å². The molecule has 1 heterocycles. The lowest BCUT2D eigenvalue weighted by atomic mass is 9.68. The van der Waals surface area contributed by atoms with Crippen molar-refractivity contribution in [2.45, 2.75) is 25.8 Å². The topological polar surface area (TPSA) is 37.0 Å². The van der Waals surface area contributed by atoms with E-state index in [9.17, 15) is 0 Å². The van der Waals surface area contributed by atoms with E-state index in [1.807, 2.05) is 19.4 Å². The van der Waals surface area contributed by atoms with Crippen molar-refractivity contribution in [1.82, 2.24) is 15.6 Å². The Morgan fingerprint density at radius 2 is 2.00 bits per heavy atom. The Labute approximate surface area is 97.7 Å². The van der Waals surface area contributed by atoms with E-state index in [0.29, 0.717) is 5.41 Å². The van der Waals surface area contributed by atoms with E-state index in [1.165, 1.54) is 24.8 Å². The molecule has 1 aliphatic rings. The third-order valence-corrected chi connectivity index (χ3v) is 3.54. The summed E-state index contributed by atoms with van der Waals surface area (Å²) in [6.45, 7) is 3.21. The monoisotopic (exact) mass is 219 g/mol. The Bertz CT molecular complexity index is 306. The molecule has 0 amide bonds. The summed E-state index contributed by atoms with van der Waals surface area (Å²) < 4.78 is 0. The molecule has 88 valence electrons. The minimum absolute atomic E-state index is 0.516. The first-order chi connectivity index (χ1) is 7.85. The first-order valence-corrected chi connectivity index (χ1v) is 6.09. The lowest BCUT2D eigenvalue weighted by Gasteiger charge is -2.42. The molecule has 1 aromatic rings. The van der Waals surface area contributed by atoms with Gasteiger partial charge in [-0.15, -0.1) is 0 Å². The predicted octanol–water partition coefficient (Wildman–Crippen LogP) is 1.56. The third kappa shape index (κ3) is 2.80. The van der Waals surface area contributed by atoms with E-state index in [4.69, 9.17) is 0 Å². The molecule has 16 heavy (non-hydrogen) atoms. The lowest BCUT2D eigenvalue weighted by molar-refractivity contribution is 0.130. The van der Waals surface area contributed by atoms with Gasteiger partial charge >= 0.3 is 0 Å². The van der Waals surface area contributed by atoms with Gasteiger partial charge in [0.1, 0.15) is 0 Å². The van der Waals surface area contributed by atoms with Crippen LogP contribution in [0, 0.1) is 5.41 Å². The Balaban J connectivity index is 1.75. The van der Waals surface area contributed by atoms with Crippen LogP contribution in [-0.2, 0) is 6.54 Å². The number of hydrogen-bond acceptors (Lipinski definition) is 3. The number of hydrogen-bond donors (Lipinski definition) is 2. The highest BCUT2D eigenvalue weighted by atomic mass is 14.9. The van der Waals surface area contributed by atoms with Gasteiger partial charge in [-0.3, -0.25) is 4.98 Å². The molecule has 1 aliphatic carbocycles. The van der Waals surface area contributed by atoms with Crippen LogP contribution in [0.1, 0.15) is 24.8 Å². The molecule has 2 rings (SSSR count). The molecule has 0 aromatic carbocycles. The smallest absolute Gasteiger partial charge is 0.0271 e. The molecule has 1 aromatic heterocycles. The van der Waals surface area contributed by atoms with E-state index in [-0.39, 0.29) is 0 Å². The van der Waals surface area contributed by atoms with Crippen molar-refractivity contribution in [2.24, 2.45) is 5.41 Å². The average molecular weight is 219 g/mol. The average Bonchev–Trinajstić information content (AvgIpc) is 2.27. The number of nitrogens with one attached hydrogen (secondary N) is 2. The molecule has 0 unspecified atom stereocenters. The van der Waals surface area contributed by atoms with Crippen LogP contribution in [0.5, 0.6) is 0 Å². The second-order valence-electron chi connectivity index (χ2n) is 4.84. The van der Waals surface area contributed by atoms with Gasteiger partial charge in [0, 0.05) is 32.0 Å². The van der Waals surface area contributed by atoms with Crippen LogP contribution in [-0.4, -0.2) is 25.1 Å². The molecule has 0 atom stereocenters. The van der Waals surface area contributed by atoms with E-state index < -0.39 is 0 Å². The Morgan fingerprint density at radius 1 is 1.25 bits per heavy atom. The van der Waals surface area contributed by atoms with Crippen molar-refractivity contribution < 1.29 is 0 Å². The van der Waals surface area contributed by atoms with Crippen molar-refractivity contribution in [1.29, 1.82) is 0 Å². The summed E-state index contributed by atoms with van der Waals surface area (Å²) in [6, 6.07) is 4.14. The van der Waals surface area contributed by atoms with Crippen molar-refractivity contribution >= 4 is 0 Å². The highest BCUT2D eigenvalue weighted by molar-refractivity contribution is 5.09. The van der Waals surface area contributed by atoms with Crippen molar-refractivity contribution in [2.75, 3.05) is 20.1 Å². The standard InChI is InChI=1S/C13H21N3/c1-14-10-13(5-2-6-13)11-16-9-12-3-7-15-8-4-12/h3-4,7-8,14,16H,2,5-6,9-11H2,1H3. The third-order valence-electron chi connectivity index (χ3n) is 3.54. The normalized spacial score (nSPS) is 18.1. The Kier molecular flexibility index (Phi) is 3.91. The first-order valence-electron chi connectivity index (χ1n) is 6.09. The molecule has 1 saturated carbocycles. The summed E-state index contributed by atoms with van der Waals surface area (Å²) in [4.78, 5) is 4.02. The number of nitrogens with zero attached hydrogens (tertiary/aromatic N) is 1. The molecule has 0 bridgehead atoms. The molecular weight excluding hydrogens is 198 g/mol. The largest absolute Gasteiger partial charge is 0.319 e. The Morgan fingerprint density at radius 3 is 2.56 bits per heavy atom. The van der Waals surface area contributed by atoms with Gasteiger partial charge in [-0.25, -0.2) is 0 Å². The molecular formula is C13H21N3. The fraction of sp³-hybridized carbons (Fsp3) is 0.615. The van der Waals surface area contributed by atoms with Gasteiger partial charge in [0.15, 0.2) is 0 Å². The van der Waals surface area contributed by atoms with Crippen molar-refractivity contribution in [3.8, 4) is 0 Å². The zero-order chi connectivity index (χ0) is 11.3. The van der Waals surface area contributed by atoms with Crippen LogP contribution in [0.4, 0.5) is 0 Å². The Hall–Kier alpha value is -0.930. The predicted molar refractivity (Wildman–Crippen MR) is 66.2 cm³/mol. The maximum atomic E-state index is 4.02. The summed E-state index contributed by atoms with van der Waals surface area (Å²) in [5, 5.41) is 6.87. The van der Waals surface area contributed by atoms with Gasteiger partial charge in [0.05, 0.1) is 0 Å². The van der Waals surface area contributed by atoms with E-state index in [1.54, 1.807) is 0 Å². The van der Waals surface area contributed by atoms with Crippen LogP contribution >= 0.6 is 0 Å². The summed E-state index contributed by atoms with van der Waals surface area (Å²) >= 11 is 0. The number of aromatic nitrogens is 1. The zero-order valence-corrected chi connectivity index (χ0v) is 10.00. The van der Waals surface area contributed by atoms with E-state index in [0.717, 1.165) is 19.6 Å². The SMILES string of the molecule is CNCC1(CNCc2ccncc2)CCC1. The van der Waals surface area contributed by atoms with E-state index >= 15 is 0 Å². The second-order valence-corrected chi connectivity index (χ2v) is 4.84. The quantitative estimate of drug-likeness (QED) is 0.762. The zero-order valence-electron chi connectivity index (χ0n) is 10.00. The van der Waals surface area contributed by atoms with Crippen LogP contribution < -0.4 is 10.6 Å². The maximum Gasteiger partial charge on any atom is 0.0271 e.